The lowest BCUT2D eigenvalue weighted by atomic mass is 10.2. The number of ether oxygens (including phenoxy) is 2. The van der Waals surface area contributed by atoms with Crippen LogP contribution in [0.4, 0.5) is 5.95 Å². The molecule has 25 heavy (non-hydrogen) atoms. The lowest BCUT2D eigenvalue weighted by Gasteiger charge is -2.16. The molecule has 1 N–H and O–H groups in total. The van der Waals surface area contributed by atoms with Crippen LogP contribution in [0.25, 0.3) is 17.3 Å². The first-order chi connectivity index (χ1) is 11.9. The van der Waals surface area contributed by atoms with E-state index >= 15 is 0 Å². The molecule has 10 heteroatoms. The number of hydrogen-bond acceptors (Lipinski definition) is 7. The van der Waals surface area contributed by atoms with Crippen LogP contribution in [-0.2, 0) is 10.0 Å². The van der Waals surface area contributed by atoms with Crippen LogP contribution >= 0.6 is 0 Å². The summed E-state index contributed by atoms with van der Waals surface area (Å²) in [7, 11) is -0.590. The second kappa shape index (κ2) is 6.48. The van der Waals surface area contributed by atoms with Gasteiger partial charge in [-0.15, -0.1) is 10.2 Å². The molecule has 0 amide bonds. The van der Waals surface area contributed by atoms with E-state index in [2.05, 4.69) is 14.9 Å². The number of aromatic nitrogens is 3. The topological polar surface area (TPSA) is 108 Å². The predicted octanol–water partition coefficient (Wildman–Crippen LogP) is 1.92. The second-order valence-corrected chi connectivity index (χ2v) is 6.79. The van der Waals surface area contributed by atoms with E-state index < -0.39 is 10.0 Å². The first-order valence-corrected chi connectivity index (χ1v) is 9.02. The Morgan fingerprint density at radius 2 is 1.76 bits per heavy atom. The summed E-state index contributed by atoms with van der Waals surface area (Å²) in [5.41, 5.74) is 0.440. The van der Waals surface area contributed by atoms with Gasteiger partial charge >= 0.3 is 0 Å². The molecule has 0 saturated heterocycles. The van der Waals surface area contributed by atoms with E-state index in [9.17, 15) is 8.42 Å². The Kier molecular flexibility index (Phi) is 4.36. The van der Waals surface area contributed by atoms with Gasteiger partial charge in [-0.3, -0.25) is 9.29 Å². The van der Waals surface area contributed by atoms with Crippen LogP contribution in [0.2, 0.25) is 0 Å². The van der Waals surface area contributed by atoms with Crippen LogP contribution < -0.4 is 14.2 Å². The molecule has 0 unspecified atom stereocenters. The van der Waals surface area contributed by atoms with E-state index in [4.69, 9.17) is 13.9 Å². The Bertz CT molecular complexity index is 957. The molecule has 0 bridgehead atoms. The van der Waals surface area contributed by atoms with Crippen LogP contribution in [0.3, 0.4) is 0 Å². The fourth-order valence-corrected chi connectivity index (χ4v) is 2.81. The largest absolute Gasteiger partial charge is 0.494 e. The number of anilines is 1. The summed E-state index contributed by atoms with van der Waals surface area (Å²) in [6.45, 7) is 0. The monoisotopic (exact) mass is 364 g/mol. The van der Waals surface area contributed by atoms with Crippen molar-refractivity contribution in [3.05, 3.63) is 36.6 Å². The van der Waals surface area contributed by atoms with Crippen molar-refractivity contribution in [2.24, 2.45) is 0 Å². The average Bonchev–Trinajstić information content (AvgIpc) is 3.22. The fraction of sp³-hybridized carbons (Fsp3) is 0.200. The van der Waals surface area contributed by atoms with Gasteiger partial charge in [0.15, 0.2) is 5.76 Å². The zero-order valence-electron chi connectivity index (χ0n) is 13.8. The quantitative estimate of drug-likeness (QED) is 0.712. The van der Waals surface area contributed by atoms with Crippen molar-refractivity contribution in [1.29, 1.82) is 0 Å². The predicted molar refractivity (Wildman–Crippen MR) is 90.6 cm³/mol. The van der Waals surface area contributed by atoms with Gasteiger partial charge in [0.2, 0.25) is 21.8 Å². The van der Waals surface area contributed by atoms with Crippen LogP contribution in [0.1, 0.15) is 0 Å². The van der Waals surface area contributed by atoms with Gasteiger partial charge in [-0.1, -0.05) is 6.07 Å². The van der Waals surface area contributed by atoms with Crippen molar-refractivity contribution in [3.8, 4) is 28.8 Å². The zero-order chi connectivity index (χ0) is 18.0. The molecule has 0 radical (unpaired) electrons. The Balaban J connectivity index is 2.32. The van der Waals surface area contributed by atoms with Crippen molar-refractivity contribution in [2.75, 3.05) is 25.2 Å². The lowest BCUT2D eigenvalue weighted by molar-refractivity contribution is 0.391. The first kappa shape index (κ1) is 16.8. The Morgan fingerprint density at radius 3 is 2.28 bits per heavy atom. The molecule has 0 aliphatic carbocycles. The summed E-state index contributed by atoms with van der Waals surface area (Å²) >= 11 is 0. The molecule has 0 fully saturated rings. The van der Waals surface area contributed by atoms with E-state index in [1.54, 1.807) is 30.3 Å². The van der Waals surface area contributed by atoms with E-state index in [0.717, 1.165) is 6.26 Å². The summed E-state index contributed by atoms with van der Waals surface area (Å²) in [5, 5.41) is 7.99. The third-order valence-corrected chi connectivity index (χ3v) is 3.86. The molecular formula is C15H16N4O5S. The molecule has 0 aliphatic heterocycles. The third-order valence-electron chi connectivity index (χ3n) is 3.31. The van der Waals surface area contributed by atoms with Gasteiger partial charge in [0, 0.05) is 0 Å². The van der Waals surface area contributed by atoms with E-state index in [0.29, 0.717) is 28.8 Å². The second-order valence-electron chi connectivity index (χ2n) is 5.05. The van der Waals surface area contributed by atoms with Gasteiger partial charge in [-0.05, 0) is 24.3 Å². The smallest absolute Gasteiger partial charge is 0.243 e. The number of furan rings is 1. The van der Waals surface area contributed by atoms with Gasteiger partial charge < -0.3 is 13.9 Å². The van der Waals surface area contributed by atoms with Gasteiger partial charge in [0.1, 0.15) is 17.2 Å². The summed E-state index contributed by atoms with van der Waals surface area (Å²) in [6, 6.07) is 8.56. The highest BCUT2D eigenvalue weighted by atomic mass is 32.2. The minimum atomic E-state index is -3.59. The molecule has 0 atom stereocenters. The van der Waals surface area contributed by atoms with Crippen LogP contribution in [-0.4, -0.2) is 43.7 Å². The number of methoxy groups -OCH3 is 2. The zero-order valence-corrected chi connectivity index (χ0v) is 14.6. The maximum atomic E-state index is 11.7. The van der Waals surface area contributed by atoms with E-state index in [-0.39, 0.29) is 5.95 Å². The maximum absolute atomic E-state index is 11.7. The highest BCUT2D eigenvalue weighted by Crippen LogP contribution is 2.37. The first-order valence-electron chi connectivity index (χ1n) is 7.13. The van der Waals surface area contributed by atoms with Crippen molar-refractivity contribution in [1.82, 2.24) is 14.8 Å². The standard InChI is InChI=1S/C15H16N4O5S/c1-22-10-6-4-7-11(23-2)13(10)19-14(12-8-5-9-24-12)16-17-15(19)18-25(3,20)21/h4-9H,1-3H3,(H,17,18). The molecule has 2 heterocycles. The molecule has 1 aromatic carbocycles. The van der Waals surface area contributed by atoms with Crippen LogP contribution in [0, 0.1) is 0 Å². The number of sulfonamides is 1. The number of hydrogen-bond donors (Lipinski definition) is 1. The van der Waals surface area contributed by atoms with Gasteiger partial charge in [0.05, 0.1) is 26.7 Å². The Morgan fingerprint density at radius 1 is 1.08 bits per heavy atom. The fourth-order valence-electron chi connectivity index (χ4n) is 2.35. The minimum Gasteiger partial charge on any atom is -0.494 e. The molecule has 132 valence electrons. The Hall–Kier alpha value is -3.01. The minimum absolute atomic E-state index is 0.0169. The summed E-state index contributed by atoms with van der Waals surface area (Å²) < 4.78 is 43.4. The number of nitrogens with zero attached hydrogens (tertiary/aromatic N) is 3. The molecule has 2 aromatic heterocycles. The normalized spacial score (nSPS) is 11.3. The Labute approximate surface area is 144 Å². The molecule has 0 spiro atoms. The molecule has 3 aromatic rings. The van der Waals surface area contributed by atoms with Crippen molar-refractivity contribution >= 4 is 16.0 Å². The lowest BCUT2D eigenvalue weighted by Crippen LogP contribution is -2.15. The van der Waals surface area contributed by atoms with Crippen molar-refractivity contribution < 1.29 is 22.3 Å². The van der Waals surface area contributed by atoms with Crippen molar-refractivity contribution in [3.63, 3.8) is 0 Å². The van der Waals surface area contributed by atoms with Gasteiger partial charge in [0.25, 0.3) is 0 Å². The summed E-state index contributed by atoms with van der Waals surface area (Å²) in [5.74, 6) is 1.57. The highest BCUT2D eigenvalue weighted by Gasteiger charge is 2.24. The molecule has 0 aliphatic rings. The third kappa shape index (κ3) is 3.29. The summed E-state index contributed by atoms with van der Waals surface area (Å²) in [6.07, 6.45) is 2.51. The molecule has 0 saturated carbocycles. The average molecular weight is 364 g/mol. The number of rotatable bonds is 6. The van der Waals surface area contributed by atoms with Crippen LogP contribution in [0.5, 0.6) is 11.5 Å². The summed E-state index contributed by atoms with van der Waals surface area (Å²) in [4.78, 5) is 0. The number of para-hydroxylation sites is 1. The van der Waals surface area contributed by atoms with Crippen molar-refractivity contribution in [2.45, 2.75) is 0 Å². The maximum Gasteiger partial charge on any atom is 0.243 e. The molecule has 3 rings (SSSR count). The van der Waals surface area contributed by atoms with Gasteiger partial charge in [-0.2, -0.15) is 0 Å². The van der Waals surface area contributed by atoms with Crippen LogP contribution in [0.15, 0.2) is 41.0 Å². The van der Waals surface area contributed by atoms with E-state index in [1.807, 2.05) is 0 Å². The molecular weight excluding hydrogens is 348 g/mol. The number of nitrogens with one attached hydrogen (secondary N) is 1. The number of benzene rings is 1. The van der Waals surface area contributed by atoms with E-state index in [1.165, 1.54) is 25.0 Å². The SMILES string of the molecule is COc1cccc(OC)c1-n1c(NS(C)(=O)=O)nnc1-c1ccco1. The highest BCUT2D eigenvalue weighted by molar-refractivity contribution is 7.92. The molecule has 9 nitrogen and oxygen atoms in total. The van der Waals surface area contributed by atoms with Gasteiger partial charge in [-0.25, -0.2) is 8.42 Å².